The number of rotatable bonds is 5. The Kier molecular flexibility index (Phi) is 4.79. The van der Waals surface area contributed by atoms with E-state index < -0.39 is 0 Å². The monoisotopic (exact) mass is 364 g/mol. The number of nitrogens with one attached hydrogen (secondary N) is 1. The summed E-state index contributed by atoms with van der Waals surface area (Å²) in [6.45, 7) is 0.531. The van der Waals surface area contributed by atoms with Gasteiger partial charge in [0.15, 0.2) is 5.65 Å². The number of hydrogen-bond donors (Lipinski definition) is 1. The highest BCUT2D eigenvalue weighted by Gasteiger charge is 2.34. The van der Waals surface area contributed by atoms with Crippen molar-refractivity contribution in [3.63, 3.8) is 0 Å². The molecule has 0 aliphatic heterocycles. The first-order valence-electron chi connectivity index (χ1n) is 9.54. The molecule has 3 aromatic rings. The molecule has 0 bridgehead atoms. The lowest BCUT2D eigenvalue weighted by Gasteiger charge is -2.38. The predicted molar refractivity (Wildman–Crippen MR) is 104 cm³/mol. The van der Waals surface area contributed by atoms with Crippen molar-refractivity contribution < 1.29 is 4.79 Å². The first-order chi connectivity index (χ1) is 13.2. The Morgan fingerprint density at radius 2 is 1.78 bits per heavy atom. The van der Waals surface area contributed by atoms with Crippen molar-refractivity contribution in [3.05, 3.63) is 70.8 Å². The smallest absolute Gasteiger partial charge is 0.350 e. The molecule has 1 N–H and O–H groups in total. The molecule has 1 amide bonds. The summed E-state index contributed by atoms with van der Waals surface area (Å²) in [7, 11) is 0. The molecular formula is C21H24N4O2. The van der Waals surface area contributed by atoms with Crippen LogP contribution in [0.5, 0.6) is 0 Å². The van der Waals surface area contributed by atoms with Gasteiger partial charge in [0.2, 0.25) is 5.91 Å². The summed E-state index contributed by atoms with van der Waals surface area (Å²) in [5, 5.41) is 7.29. The van der Waals surface area contributed by atoms with Gasteiger partial charge in [0.05, 0.1) is 0 Å². The van der Waals surface area contributed by atoms with Gasteiger partial charge in [0.1, 0.15) is 6.54 Å². The van der Waals surface area contributed by atoms with E-state index in [-0.39, 0.29) is 23.6 Å². The van der Waals surface area contributed by atoms with Gasteiger partial charge in [0.25, 0.3) is 0 Å². The van der Waals surface area contributed by atoms with Gasteiger partial charge in [-0.15, -0.1) is 5.10 Å². The van der Waals surface area contributed by atoms with Crippen molar-refractivity contribution in [2.45, 2.75) is 44.1 Å². The maximum absolute atomic E-state index is 12.5. The van der Waals surface area contributed by atoms with E-state index in [9.17, 15) is 9.59 Å². The molecule has 0 saturated heterocycles. The molecule has 1 aliphatic rings. The highest BCUT2D eigenvalue weighted by atomic mass is 16.2. The molecule has 0 spiro atoms. The molecule has 0 unspecified atom stereocenters. The number of fused-ring (bicyclic) bond motifs is 1. The minimum absolute atomic E-state index is 0.0148. The van der Waals surface area contributed by atoms with Crippen molar-refractivity contribution in [1.82, 2.24) is 19.5 Å². The zero-order chi connectivity index (χ0) is 18.7. The number of hydrogen-bond acceptors (Lipinski definition) is 3. The van der Waals surface area contributed by atoms with E-state index in [2.05, 4.69) is 34.7 Å². The van der Waals surface area contributed by atoms with Crippen molar-refractivity contribution >= 4 is 11.6 Å². The summed E-state index contributed by atoms with van der Waals surface area (Å²) in [5.41, 5.74) is 1.52. The van der Waals surface area contributed by atoms with E-state index in [0.717, 1.165) is 12.8 Å². The zero-order valence-electron chi connectivity index (χ0n) is 15.3. The Hall–Kier alpha value is -2.89. The molecular weight excluding hydrogens is 340 g/mol. The third kappa shape index (κ3) is 3.52. The molecule has 27 heavy (non-hydrogen) atoms. The van der Waals surface area contributed by atoms with Crippen LogP contribution in [0.1, 0.15) is 37.7 Å². The van der Waals surface area contributed by atoms with Gasteiger partial charge in [-0.1, -0.05) is 55.7 Å². The average molecular weight is 364 g/mol. The van der Waals surface area contributed by atoms with Gasteiger partial charge in [-0.25, -0.2) is 9.48 Å². The van der Waals surface area contributed by atoms with Gasteiger partial charge in [-0.3, -0.25) is 9.20 Å². The summed E-state index contributed by atoms with van der Waals surface area (Å²) < 4.78 is 2.67. The quantitative estimate of drug-likeness (QED) is 0.756. The Bertz CT molecular complexity index is 984. The highest BCUT2D eigenvalue weighted by Crippen LogP contribution is 2.38. The van der Waals surface area contributed by atoms with Crippen LogP contribution in [0.25, 0.3) is 5.65 Å². The normalized spacial score (nSPS) is 16.3. The van der Waals surface area contributed by atoms with Crippen LogP contribution in [-0.2, 0) is 16.8 Å². The summed E-state index contributed by atoms with van der Waals surface area (Å²) in [6.07, 6.45) is 7.41. The van der Waals surface area contributed by atoms with E-state index in [1.807, 2.05) is 12.1 Å². The zero-order valence-corrected chi connectivity index (χ0v) is 15.3. The van der Waals surface area contributed by atoms with Gasteiger partial charge in [-0.2, -0.15) is 0 Å². The Balaban J connectivity index is 1.48. The maximum atomic E-state index is 12.5. The summed E-state index contributed by atoms with van der Waals surface area (Å²) in [4.78, 5) is 24.9. The first kappa shape index (κ1) is 17.5. The van der Waals surface area contributed by atoms with Crippen molar-refractivity contribution in [2.24, 2.45) is 0 Å². The minimum Gasteiger partial charge on any atom is -0.354 e. The van der Waals surface area contributed by atoms with E-state index in [0.29, 0.717) is 12.2 Å². The number of benzene rings is 1. The Morgan fingerprint density at radius 3 is 2.52 bits per heavy atom. The molecule has 140 valence electrons. The van der Waals surface area contributed by atoms with E-state index in [1.54, 1.807) is 18.3 Å². The van der Waals surface area contributed by atoms with Crippen LogP contribution in [-0.4, -0.2) is 26.6 Å². The van der Waals surface area contributed by atoms with Gasteiger partial charge < -0.3 is 5.32 Å². The number of carbonyl (C=O) groups is 1. The summed E-state index contributed by atoms with van der Waals surface area (Å²) >= 11 is 0. The molecule has 6 nitrogen and oxygen atoms in total. The lowest BCUT2D eigenvalue weighted by Crippen LogP contribution is -2.43. The molecule has 2 aromatic heterocycles. The van der Waals surface area contributed by atoms with E-state index in [4.69, 9.17) is 0 Å². The van der Waals surface area contributed by atoms with Crippen LogP contribution in [0.3, 0.4) is 0 Å². The fraction of sp³-hybridized carbons (Fsp3) is 0.381. The number of pyridine rings is 1. The SMILES string of the molecule is O=C(Cn1nc2ccccn2c1=O)NCC1(c2ccccc2)CCCCC1. The fourth-order valence-corrected chi connectivity index (χ4v) is 4.12. The largest absolute Gasteiger partial charge is 0.354 e. The van der Waals surface area contributed by atoms with Crippen LogP contribution in [0.2, 0.25) is 0 Å². The number of carbonyl (C=O) groups excluding carboxylic acids is 1. The molecule has 1 aliphatic carbocycles. The van der Waals surface area contributed by atoms with Crippen molar-refractivity contribution in [1.29, 1.82) is 0 Å². The van der Waals surface area contributed by atoms with Gasteiger partial charge in [0, 0.05) is 18.2 Å². The number of amides is 1. The molecule has 1 fully saturated rings. The summed E-state index contributed by atoms with van der Waals surface area (Å²) in [6, 6.07) is 15.8. The predicted octanol–water partition coefficient (Wildman–Crippen LogP) is 2.51. The third-order valence-corrected chi connectivity index (χ3v) is 5.60. The lowest BCUT2D eigenvalue weighted by atomic mass is 9.69. The van der Waals surface area contributed by atoms with Gasteiger partial charge >= 0.3 is 5.69 Å². The molecule has 6 heteroatoms. The topological polar surface area (TPSA) is 68.4 Å². The van der Waals surface area contributed by atoms with Crippen LogP contribution in [0, 0.1) is 0 Å². The molecule has 4 rings (SSSR count). The Morgan fingerprint density at radius 1 is 1.04 bits per heavy atom. The molecule has 0 atom stereocenters. The van der Waals surface area contributed by atoms with Crippen LogP contribution in [0.15, 0.2) is 59.5 Å². The first-order valence-corrected chi connectivity index (χ1v) is 9.54. The third-order valence-electron chi connectivity index (χ3n) is 5.60. The van der Waals surface area contributed by atoms with E-state index >= 15 is 0 Å². The van der Waals surface area contributed by atoms with Crippen molar-refractivity contribution in [2.75, 3.05) is 6.54 Å². The standard InChI is InChI=1S/C21H24N4O2/c26-19(15-25-20(27)24-14-8-5-11-18(24)23-25)22-16-21(12-6-2-7-13-21)17-9-3-1-4-10-17/h1,3-5,8-11,14H,2,6-7,12-13,15-16H2,(H,22,26). The molecule has 1 saturated carbocycles. The van der Waals surface area contributed by atoms with Crippen LogP contribution in [0.4, 0.5) is 0 Å². The molecule has 2 heterocycles. The van der Waals surface area contributed by atoms with Crippen LogP contribution < -0.4 is 11.0 Å². The fourth-order valence-electron chi connectivity index (χ4n) is 4.12. The molecule has 0 radical (unpaired) electrons. The van der Waals surface area contributed by atoms with Crippen molar-refractivity contribution in [3.8, 4) is 0 Å². The maximum Gasteiger partial charge on any atom is 0.350 e. The van der Waals surface area contributed by atoms with Gasteiger partial charge in [-0.05, 0) is 30.5 Å². The highest BCUT2D eigenvalue weighted by molar-refractivity contribution is 5.75. The molecule has 1 aromatic carbocycles. The van der Waals surface area contributed by atoms with E-state index in [1.165, 1.54) is 33.9 Å². The summed E-state index contributed by atoms with van der Waals surface area (Å²) in [5.74, 6) is -0.179. The second kappa shape index (κ2) is 7.39. The Labute approximate surface area is 157 Å². The number of nitrogens with zero attached hydrogens (tertiary/aromatic N) is 3. The van der Waals surface area contributed by atoms with Crippen LogP contribution >= 0.6 is 0 Å². The second-order valence-corrected chi connectivity index (χ2v) is 7.35. The lowest BCUT2D eigenvalue weighted by molar-refractivity contribution is -0.122. The second-order valence-electron chi connectivity index (χ2n) is 7.35. The minimum atomic E-state index is -0.295. The number of aromatic nitrogens is 3. The average Bonchev–Trinajstić information content (AvgIpc) is 3.03.